The molecule has 1 aliphatic heterocycles. The van der Waals surface area contributed by atoms with E-state index in [1.807, 2.05) is 0 Å². The number of rotatable bonds is 2. The van der Waals surface area contributed by atoms with Crippen molar-refractivity contribution in [2.75, 3.05) is 24.5 Å². The van der Waals surface area contributed by atoms with Gasteiger partial charge in [-0.05, 0) is 0 Å². The molecule has 0 saturated carbocycles. The van der Waals surface area contributed by atoms with Crippen LogP contribution in [-0.4, -0.2) is 46.7 Å². The van der Waals surface area contributed by atoms with E-state index in [0.29, 0.717) is 18.9 Å². The lowest BCUT2D eigenvalue weighted by Gasteiger charge is -2.34. The maximum atomic E-state index is 11.1. The second-order valence-electron chi connectivity index (χ2n) is 3.45. The second kappa shape index (κ2) is 4.63. The Bertz CT molecular complexity index is 401. The quantitative estimate of drug-likeness (QED) is 0.760. The van der Waals surface area contributed by atoms with Crippen LogP contribution in [0.2, 0.25) is 5.15 Å². The molecule has 2 rings (SSSR count). The van der Waals surface area contributed by atoms with Crippen molar-refractivity contribution in [3.63, 3.8) is 0 Å². The Morgan fingerprint density at radius 1 is 1.62 bits per heavy atom. The third kappa shape index (κ3) is 2.23. The lowest BCUT2D eigenvalue weighted by molar-refractivity contribution is -0.138. The molecule has 1 atom stereocenters. The maximum Gasteiger partial charge on any atom is 0.327 e. The lowest BCUT2D eigenvalue weighted by atomic mass is 10.2. The predicted molar refractivity (Wildman–Crippen MR) is 58.7 cm³/mol. The Hall–Kier alpha value is -1.40. The molecule has 1 aliphatic rings. The van der Waals surface area contributed by atoms with Crippen molar-refractivity contribution in [1.29, 1.82) is 0 Å². The van der Waals surface area contributed by atoms with Gasteiger partial charge in [-0.2, -0.15) is 0 Å². The summed E-state index contributed by atoms with van der Waals surface area (Å²) in [6, 6.07) is -0.624. The smallest absolute Gasteiger partial charge is 0.327 e. The van der Waals surface area contributed by atoms with Gasteiger partial charge in [-0.25, -0.2) is 9.78 Å². The van der Waals surface area contributed by atoms with Gasteiger partial charge in [-0.3, -0.25) is 4.98 Å². The Morgan fingerprint density at radius 3 is 3.12 bits per heavy atom. The minimum Gasteiger partial charge on any atom is -0.480 e. The molecule has 0 amide bonds. The molecule has 1 unspecified atom stereocenters. The molecule has 6 nitrogen and oxygen atoms in total. The van der Waals surface area contributed by atoms with Crippen LogP contribution in [-0.2, 0) is 4.79 Å². The van der Waals surface area contributed by atoms with Gasteiger partial charge in [0.15, 0.2) is 0 Å². The van der Waals surface area contributed by atoms with Gasteiger partial charge < -0.3 is 15.3 Å². The first-order valence-electron chi connectivity index (χ1n) is 4.86. The first-order chi connectivity index (χ1) is 7.68. The molecule has 1 aromatic heterocycles. The highest BCUT2D eigenvalue weighted by Gasteiger charge is 2.29. The topological polar surface area (TPSA) is 78.4 Å². The molecule has 1 saturated heterocycles. The second-order valence-corrected chi connectivity index (χ2v) is 3.84. The number of carbonyl (C=O) groups is 1. The maximum absolute atomic E-state index is 11.1. The number of carboxylic acids is 1. The number of aromatic nitrogens is 2. The molecular formula is C9H11ClN4O2. The van der Waals surface area contributed by atoms with E-state index in [-0.39, 0.29) is 5.15 Å². The summed E-state index contributed by atoms with van der Waals surface area (Å²) < 4.78 is 0. The number of nitrogens with zero attached hydrogens (tertiary/aromatic N) is 3. The van der Waals surface area contributed by atoms with E-state index in [1.165, 1.54) is 12.4 Å². The van der Waals surface area contributed by atoms with Crippen molar-refractivity contribution in [2.45, 2.75) is 6.04 Å². The van der Waals surface area contributed by atoms with Crippen LogP contribution < -0.4 is 10.2 Å². The number of aliphatic carboxylic acids is 1. The number of hydrogen-bond donors (Lipinski definition) is 2. The van der Waals surface area contributed by atoms with Crippen molar-refractivity contribution >= 4 is 23.4 Å². The van der Waals surface area contributed by atoms with Gasteiger partial charge >= 0.3 is 5.97 Å². The first-order valence-corrected chi connectivity index (χ1v) is 5.24. The lowest BCUT2D eigenvalue weighted by Crippen LogP contribution is -2.55. The van der Waals surface area contributed by atoms with Gasteiger partial charge in [-0.15, -0.1) is 0 Å². The average Bonchev–Trinajstić information content (AvgIpc) is 2.29. The van der Waals surface area contributed by atoms with Crippen molar-refractivity contribution in [3.05, 3.63) is 17.5 Å². The largest absolute Gasteiger partial charge is 0.480 e. The molecule has 1 fully saturated rings. The highest BCUT2D eigenvalue weighted by Crippen LogP contribution is 2.16. The molecule has 16 heavy (non-hydrogen) atoms. The van der Waals surface area contributed by atoms with Gasteiger partial charge in [0.05, 0.1) is 12.4 Å². The summed E-state index contributed by atoms with van der Waals surface area (Å²) in [7, 11) is 0. The average molecular weight is 243 g/mol. The summed E-state index contributed by atoms with van der Waals surface area (Å²) in [5.41, 5.74) is 0. The highest BCUT2D eigenvalue weighted by atomic mass is 35.5. The standard InChI is InChI=1S/C9H11ClN4O2/c10-7-4-12-5-8(13-7)14-2-1-11-3-6(14)9(15)16/h4-6,11H,1-3H2,(H,15,16). The zero-order valence-electron chi connectivity index (χ0n) is 8.43. The van der Waals surface area contributed by atoms with E-state index in [4.69, 9.17) is 16.7 Å². The first kappa shape index (κ1) is 11.1. The third-order valence-corrected chi connectivity index (χ3v) is 2.60. The third-order valence-electron chi connectivity index (χ3n) is 2.42. The Balaban J connectivity index is 2.26. The fourth-order valence-electron chi connectivity index (χ4n) is 1.67. The van der Waals surface area contributed by atoms with Crippen LogP contribution >= 0.6 is 11.6 Å². The summed E-state index contributed by atoms with van der Waals surface area (Å²) in [5.74, 6) is -0.379. The molecule has 1 aromatic rings. The van der Waals surface area contributed by atoms with Crippen LogP contribution in [0.5, 0.6) is 0 Å². The van der Waals surface area contributed by atoms with Gasteiger partial charge in [0, 0.05) is 19.6 Å². The van der Waals surface area contributed by atoms with Crippen LogP contribution in [0.1, 0.15) is 0 Å². The zero-order chi connectivity index (χ0) is 11.5. The Kier molecular flexibility index (Phi) is 3.21. The zero-order valence-corrected chi connectivity index (χ0v) is 9.18. The van der Waals surface area contributed by atoms with Crippen LogP contribution in [0.4, 0.5) is 5.82 Å². The molecule has 7 heteroatoms. The van der Waals surface area contributed by atoms with E-state index < -0.39 is 12.0 Å². The van der Waals surface area contributed by atoms with Gasteiger partial charge in [0.2, 0.25) is 0 Å². The molecule has 2 N–H and O–H groups in total. The van der Waals surface area contributed by atoms with Gasteiger partial charge in [0.25, 0.3) is 0 Å². The number of carboxylic acid groups (broad SMARTS) is 1. The van der Waals surface area contributed by atoms with Crippen LogP contribution in [0.15, 0.2) is 12.4 Å². The number of piperazine rings is 1. The van der Waals surface area contributed by atoms with Crippen molar-refractivity contribution in [2.24, 2.45) is 0 Å². The number of anilines is 1. The highest BCUT2D eigenvalue weighted by molar-refractivity contribution is 6.29. The van der Waals surface area contributed by atoms with E-state index in [1.54, 1.807) is 4.90 Å². The van der Waals surface area contributed by atoms with E-state index in [2.05, 4.69) is 15.3 Å². The Labute approximate surface area is 97.3 Å². The van der Waals surface area contributed by atoms with Crippen LogP contribution in [0, 0.1) is 0 Å². The van der Waals surface area contributed by atoms with E-state index >= 15 is 0 Å². The van der Waals surface area contributed by atoms with Crippen LogP contribution in [0.25, 0.3) is 0 Å². The van der Waals surface area contributed by atoms with Crippen molar-refractivity contribution < 1.29 is 9.90 Å². The molecule has 0 aliphatic carbocycles. The van der Waals surface area contributed by atoms with Crippen molar-refractivity contribution in [3.8, 4) is 0 Å². The minimum atomic E-state index is -0.881. The monoisotopic (exact) mass is 242 g/mol. The molecule has 0 bridgehead atoms. The molecule has 86 valence electrons. The fourth-order valence-corrected chi connectivity index (χ4v) is 1.81. The minimum absolute atomic E-state index is 0.264. The number of halogens is 1. The van der Waals surface area contributed by atoms with Crippen LogP contribution in [0.3, 0.4) is 0 Å². The number of hydrogen-bond acceptors (Lipinski definition) is 5. The summed E-state index contributed by atoms with van der Waals surface area (Å²) in [5, 5.41) is 12.4. The molecule has 0 spiro atoms. The molecule has 0 radical (unpaired) electrons. The van der Waals surface area contributed by atoms with E-state index in [9.17, 15) is 4.79 Å². The molecule has 0 aromatic carbocycles. The summed E-state index contributed by atoms with van der Waals surface area (Å²) in [4.78, 5) is 20.7. The van der Waals surface area contributed by atoms with Crippen molar-refractivity contribution in [1.82, 2.24) is 15.3 Å². The fraction of sp³-hybridized carbons (Fsp3) is 0.444. The van der Waals surface area contributed by atoms with Gasteiger partial charge in [-0.1, -0.05) is 11.6 Å². The molecular weight excluding hydrogens is 232 g/mol. The normalized spacial score (nSPS) is 20.8. The number of nitrogens with one attached hydrogen (secondary N) is 1. The van der Waals surface area contributed by atoms with E-state index in [0.717, 1.165) is 6.54 Å². The summed E-state index contributed by atoms with van der Waals surface area (Å²) >= 11 is 5.73. The predicted octanol–water partition coefficient (Wildman–Crippen LogP) is -0.00720. The molecule has 2 heterocycles. The Morgan fingerprint density at radius 2 is 2.44 bits per heavy atom. The summed E-state index contributed by atoms with van der Waals surface area (Å²) in [6.45, 7) is 1.69. The van der Waals surface area contributed by atoms with Gasteiger partial charge in [0.1, 0.15) is 17.0 Å². The summed E-state index contributed by atoms with van der Waals surface area (Å²) in [6.07, 6.45) is 2.94. The SMILES string of the molecule is O=C(O)C1CNCCN1c1cncc(Cl)n1.